The maximum atomic E-state index is 6.00. The van der Waals surface area contributed by atoms with Crippen LogP contribution in [0.15, 0.2) is 72.8 Å². The summed E-state index contributed by atoms with van der Waals surface area (Å²) in [6.45, 7) is 1.75. The van der Waals surface area contributed by atoms with Crippen LogP contribution in [0.5, 0.6) is 23.0 Å². The molecule has 1 heterocycles. The lowest BCUT2D eigenvalue weighted by Gasteiger charge is -2.12. The van der Waals surface area contributed by atoms with Gasteiger partial charge < -0.3 is 23.5 Å². The number of nitrogens with zero attached hydrogens (tertiary/aromatic N) is 2. The standard InChI is InChI=1S/C25H26N2O4/c1-28-19-8-5-10-21(16-19)30-15-7-14-27-24-13-4-3-12-23(24)26-25(27)18-31-22-11-6-9-20(17-22)29-2/h3-6,8-13,16-17H,7,14-15,18H2,1-2H3. The summed E-state index contributed by atoms with van der Waals surface area (Å²) in [6.07, 6.45) is 0.837. The molecule has 0 amide bonds. The van der Waals surface area contributed by atoms with Gasteiger partial charge in [0, 0.05) is 18.7 Å². The lowest BCUT2D eigenvalue weighted by Crippen LogP contribution is -2.10. The van der Waals surface area contributed by atoms with Crippen LogP contribution in [0, 0.1) is 0 Å². The van der Waals surface area contributed by atoms with Crippen LogP contribution in [0.2, 0.25) is 0 Å². The van der Waals surface area contributed by atoms with Crippen LogP contribution in [0.1, 0.15) is 12.2 Å². The van der Waals surface area contributed by atoms with Crippen molar-refractivity contribution in [2.45, 2.75) is 19.6 Å². The predicted octanol–water partition coefficient (Wildman–Crippen LogP) is 5.10. The highest BCUT2D eigenvalue weighted by molar-refractivity contribution is 5.75. The van der Waals surface area contributed by atoms with Crippen molar-refractivity contribution >= 4 is 11.0 Å². The first-order chi connectivity index (χ1) is 15.3. The molecule has 160 valence electrons. The van der Waals surface area contributed by atoms with Crippen LogP contribution in [0.3, 0.4) is 0 Å². The number of para-hydroxylation sites is 2. The Morgan fingerprint density at radius 2 is 1.39 bits per heavy atom. The Labute approximate surface area is 182 Å². The first-order valence-electron chi connectivity index (χ1n) is 10.2. The lowest BCUT2D eigenvalue weighted by molar-refractivity contribution is 0.278. The Morgan fingerprint density at radius 3 is 2.10 bits per heavy atom. The fourth-order valence-electron chi connectivity index (χ4n) is 3.43. The molecule has 6 nitrogen and oxygen atoms in total. The smallest absolute Gasteiger partial charge is 0.147 e. The van der Waals surface area contributed by atoms with Gasteiger partial charge in [-0.2, -0.15) is 0 Å². The van der Waals surface area contributed by atoms with E-state index in [0.29, 0.717) is 13.2 Å². The van der Waals surface area contributed by atoms with Gasteiger partial charge >= 0.3 is 0 Å². The molecule has 0 aliphatic carbocycles. The zero-order valence-corrected chi connectivity index (χ0v) is 17.8. The Bertz CT molecular complexity index is 1140. The molecule has 0 spiro atoms. The number of rotatable bonds is 10. The molecule has 3 aromatic carbocycles. The van der Waals surface area contributed by atoms with Crippen molar-refractivity contribution in [3.8, 4) is 23.0 Å². The first kappa shape index (κ1) is 20.6. The molecule has 0 aliphatic rings. The maximum absolute atomic E-state index is 6.00. The van der Waals surface area contributed by atoms with Crippen molar-refractivity contribution < 1.29 is 18.9 Å². The summed E-state index contributed by atoms with van der Waals surface area (Å²) in [5.74, 6) is 3.98. The molecule has 0 N–H and O–H groups in total. The molecule has 6 heteroatoms. The molecule has 4 rings (SSSR count). The molecular weight excluding hydrogens is 392 g/mol. The normalized spacial score (nSPS) is 10.8. The number of hydrogen-bond acceptors (Lipinski definition) is 5. The zero-order valence-electron chi connectivity index (χ0n) is 17.8. The van der Waals surface area contributed by atoms with Gasteiger partial charge in [-0.05, 0) is 42.8 Å². The third-order valence-electron chi connectivity index (χ3n) is 4.98. The minimum atomic E-state index is 0.374. The summed E-state index contributed by atoms with van der Waals surface area (Å²) in [5, 5.41) is 0. The van der Waals surface area contributed by atoms with E-state index in [1.807, 2.05) is 66.7 Å². The molecule has 0 bridgehead atoms. The van der Waals surface area contributed by atoms with Gasteiger partial charge in [0.25, 0.3) is 0 Å². The van der Waals surface area contributed by atoms with Gasteiger partial charge in [0.15, 0.2) is 0 Å². The molecule has 4 aromatic rings. The second-order valence-electron chi connectivity index (χ2n) is 7.02. The summed E-state index contributed by atoms with van der Waals surface area (Å²) in [6, 6.07) is 23.4. The average molecular weight is 418 g/mol. The molecule has 1 aromatic heterocycles. The highest BCUT2D eigenvalue weighted by Gasteiger charge is 2.11. The number of fused-ring (bicyclic) bond motifs is 1. The quantitative estimate of drug-likeness (QED) is 0.335. The predicted molar refractivity (Wildman–Crippen MR) is 120 cm³/mol. The molecular formula is C25H26N2O4. The number of ether oxygens (including phenoxy) is 4. The highest BCUT2D eigenvalue weighted by Crippen LogP contribution is 2.22. The van der Waals surface area contributed by atoms with Crippen molar-refractivity contribution in [1.82, 2.24) is 9.55 Å². The van der Waals surface area contributed by atoms with E-state index >= 15 is 0 Å². The third kappa shape index (κ3) is 5.09. The molecule has 0 saturated heterocycles. The second kappa shape index (κ2) is 9.89. The largest absolute Gasteiger partial charge is 0.497 e. The number of methoxy groups -OCH3 is 2. The SMILES string of the molecule is COc1cccc(OCCCn2c(COc3cccc(OC)c3)nc3ccccc32)c1. The van der Waals surface area contributed by atoms with E-state index in [1.165, 1.54) is 0 Å². The topological polar surface area (TPSA) is 54.7 Å². The van der Waals surface area contributed by atoms with Crippen LogP contribution >= 0.6 is 0 Å². The van der Waals surface area contributed by atoms with Crippen LogP contribution in [0.4, 0.5) is 0 Å². The van der Waals surface area contributed by atoms with Gasteiger partial charge in [-0.1, -0.05) is 24.3 Å². The van der Waals surface area contributed by atoms with Crippen LogP contribution < -0.4 is 18.9 Å². The molecule has 0 radical (unpaired) electrons. The summed E-state index contributed by atoms with van der Waals surface area (Å²) in [7, 11) is 3.30. The molecule has 0 atom stereocenters. The molecule has 0 fully saturated rings. The van der Waals surface area contributed by atoms with Crippen molar-refractivity contribution in [3.63, 3.8) is 0 Å². The van der Waals surface area contributed by atoms with Crippen molar-refractivity contribution in [3.05, 3.63) is 78.6 Å². The van der Waals surface area contributed by atoms with Gasteiger partial charge in [-0.15, -0.1) is 0 Å². The van der Waals surface area contributed by atoms with E-state index in [1.54, 1.807) is 14.2 Å². The van der Waals surface area contributed by atoms with Gasteiger partial charge in [0.05, 0.1) is 31.9 Å². The van der Waals surface area contributed by atoms with E-state index < -0.39 is 0 Å². The maximum Gasteiger partial charge on any atom is 0.147 e. The van der Waals surface area contributed by atoms with E-state index in [9.17, 15) is 0 Å². The Kier molecular flexibility index (Phi) is 6.57. The van der Waals surface area contributed by atoms with Crippen molar-refractivity contribution in [1.29, 1.82) is 0 Å². The average Bonchev–Trinajstić information content (AvgIpc) is 3.18. The summed E-state index contributed by atoms with van der Waals surface area (Å²) >= 11 is 0. The fourth-order valence-corrected chi connectivity index (χ4v) is 3.43. The Balaban J connectivity index is 1.43. The lowest BCUT2D eigenvalue weighted by atomic mass is 10.3. The van der Waals surface area contributed by atoms with Crippen LogP contribution in [0.25, 0.3) is 11.0 Å². The summed E-state index contributed by atoms with van der Waals surface area (Å²) in [4.78, 5) is 4.78. The van der Waals surface area contributed by atoms with E-state index in [0.717, 1.165) is 52.8 Å². The number of aromatic nitrogens is 2. The zero-order chi connectivity index (χ0) is 21.5. The summed E-state index contributed by atoms with van der Waals surface area (Å²) in [5.41, 5.74) is 2.05. The van der Waals surface area contributed by atoms with E-state index in [4.69, 9.17) is 23.9 Å². The number of aryl methyl sites for hydroxylation is 1. The Morgan fingerprint density at radius 1 is 0.742 bits per heavy atom. The van der Waals surface area contributed by atoms with E-state index in [2.05, 4.69) is 10.6 Å². The first-order valence-corrected chi connectivity index (χ1v) is 10.2. The highest BCUT2D eigenvalue weighted by atomic mass is 16.5. The van der Waals surface area contributed by atoms with Gasteiger partial charge in [-0.25, -0.2) is 4.98 Å². The number of imidazole rings is 1. The third-order valence-corrected chi connectivity index (χ3v) is 4.98. The molecule has 0 saturated carbocycles. The molecule has 0 aliphatic heterocycles. The van der Waals surface area contributed by atoms with E-state index in [-0.39, 0.29) is 0 Å². The van der Waals surface area contributed by atoms with Crippen molar-refractivity contribution in [2.24, 2.45) is 0 Å². The second-order valence-corrected chi connectivity index (χ2v) is 7.02. The van der Waals surface area contributed by atoms with Gasteiger partial charge in [0.1, 0.15) is 35.4 Å². The minimum Gasteiger partial charge on any atom is -0.497 e. The monoisotopic (exact) mass is 418 g/mol. The summed E-state index contributed by atoms with van der Waals surface area (Å²) < 4.78 is 24.6. The Hall–Kier alpha value is -3.67. The number of benzene rings is 3. The van der Waals surface area contributed by atoms with Gasteiger partial charge in [0.2, 0.25) is 0 Å². The molecule has 31 heavy (non-hydrogen) atoms. The minimum absolute atomic E-state index is 0.374. The van der Waals surface area contributed by atoms with Crippen LogP contribution in [-0.4, -0.2) is 30.4 Å². The number of hydrogen-bond donors (Lipinski definition) is 0. The van der Waals surface area contributed by atoms with Gasteiger partial charge in [-0.3, -0.25) is 0 Å². The van der Waals surface area contributed by atoms with Crippen LogP contribution in [-0.2, 0) is 13.2 Å². The van der Waals surface area contributed by atoms with Crippen molar-refractivity contribution in [2.75, 3.05) is 20.8 Å². The molecule has 0 unspecified atom stereocenters. The fraction of sp³-hybridized carbons (Fsp3) is 0.240.